The number of hydrogen-bond acceptors (Lipinski definition) is 6. The van der Waals surface area contributed by atoms with Crippen LogP contribution in [0, 0.1) is 54.2 Å². The third-order valence-electron chi connectivity index (χ3n) is 4.47. The number of ether oxygens (including phenoxy) is 2. The molecule has 0 amide bonds. The third kappa shape index (κ3) is 3.72. The molecule has 0 aromatic heterocycles. The van der Waals surface area contributed by atoms with Crippen LogP contribution in [0.3, 0.4) is 0 Å². The maximum Gasteiger partial charge on any atom is 0.338 e. The van der Waals surface area contributed by atoms with Crippen molar-refractivity contribution in [3.63, 3.8) is 0 Å². The van der Waals surface area contributed by atoms with Crippen LogP contribution in [0.2, 0.25) is 0 Å². The van der Waals surface area contributed by atoms with E-state index in [0.29, 0.717) is 19.3 Å². The largest absolute Gasteiger partial charge is 0.459 e. The zero-order valence-electron chi connectivity index (χ0n) is 13.0. The van der Waals surface area contributed by atoms with E-state index < -0.39 is 16.5 Å². The molecule has 1 spiro atoms. The molecule has 3 atom stereocenters. The van der Waals surface area contributed by atoms with Gasteiger partial charge in [-0.05, 0) is 30.5 Å². The quantitative estimate of drug-likeness (QED) is 0.204. The van der Waals surface area contributed by atoms with E-state index in [1.165, 1.54) is 24.3 Å². The van der Waals surface area contributed by atoms with Crippen molar-refractivity contribution in [2.24, 2.45) is 0 Å². The number of carbonyl (C=O) groups excluding carboxylic acids is 1. The average Bonchev–Trinajstić information content (AvgIpc) is 3.25. The Labute approximate surface area is 174 Å². The number of non-ortho nitro benzene ring substituents is 1. The molecule has 1 N–H and O–H groups in total. The predicted octanol–water partition coefficient (Wildman–Crippen LogP) is 1.99. The van der Waals surface area contributed by atoms with E-state index in [1.54, 1.807) is 0 Å². The summed E-state index contributed by atoms with van der Waals surface area (Å²) in [5.74, 6) is -0.520. The fraction of sp³-hybridized carbons (Fsp3) is 0.438. The Bertz CT molecular complexity index is 661. The molecule has 3 unspecified atom stereocenters. The van der Waals surface area contributed by atoms with Crippen molar-refractivity contribution in [1.82, 2.24) is 0 Å². The van der Waals surface area contributed by atoms with Gasteiger partial charge in [0.05, 0.1) is 17.1 Å². The Morgan fingerprint density at radius 2 is 2.12 bits per heavy atom. The smallest absolute Gasteiger partial charge is 0.338 e. The maximum absolute atomic E-state index is 12.2. The second kappa shape index (κ2) is 7.61. The van der Waals surface area contributed by atoms with Crippen LogP contribution in [0.15, 0.2) is 36.4 Å². The number of carbonyl (C=O) groups is 1. The van der Waals surface area contributed by atoms with Gasteiger partial charge in [-0.1, -0.05) is 6.58 Å². The monoisotopic (exact) mass is 546 g/mol. The van der Waals surface area contributed by atoms with Gasteiger partial charge in [-0.25, -0.2) is 4.79 Å². The van der Waals surface area contributed by atoms with Crippen LogP contribution in [0.4, 0.5) is 5.69 Å². The fourth-order valence-corrected chi connectivity index (χ4v) is 3.07. The van der Waals surface area contributed by atoms with E-state index >= 15 is 0 Å². The van der Waals surface area contributed by atoms with E-state index in [-0.39, 0.29) is 74.1 Å². The molecule has 0 bridgehead atoms. The van der Waals surface area contributed by atoms with Crippen LogP contribution in [-0.2, 0) is 9.47 Å². The number of epoxide rings is 1. The first kappa shape index (κ1) is 19.5. The summed E-state index contributed by atoms with van der Waals surface area (Å²) >= 11 is 0. The number of rotatable bonds is 4. The van der Waals surface area contributed by atoms with Crippen LogP contribution >= 0.6 is 0 Å². The molecular weight excluding hydrogens is 529 g/mol. The van der Waals surface area contributed by atoms with Crippen molar-refractivity contribution >= 4 is 11.7 Å². The van der Waals surface area contributed by atoms with Gasteiger partial charge in [0.25, 0.3) is 5.69 Å². The molecule has 1 aromatic rings. The number of nitrogens with zero attached hydrogens (tertiary/aromatic N) is 1. The molecule has 2 fully saturated rings. The van der Waals surface area contributed by atoms with E-state index in [4.69, 9.17) is 9.47 Å². The van der Waals surface area contributed by atoms with Crippen molar-refractivity contribution in [1.29, 1.82) is 0 Å². The standard InChI is InChI=1S/C16H17NO6.Ac/c1-10-2-7-13(8-16(10)14(9-18)23-16)22-15(19)11-3-5-12(6-4-11)17(20)21;/h3-6,13-14,18H,1-2,7-9H2;. The van der Waals surface area contributed by atoms with E-state index in [2.05, 4.69) is 6.58 Å². The normalized spacial score (nSPS) is 28.1. The second-order valence-electron chi connectivity index (χ2n) is 5.86. The Kier molecular flexibility index (Phi) is 6.19. The minimum Gasteiger partial charge on any atom is -0.459 e. The van der Waals surface area contributed by atoms with Crippen molar-refractivity contribution in [2.45, 2.75) is 37.1 Å². The Morgan fingerprint density at radius 3 is 2.67 bits per heavy atom. The van der Waals surface area contributed by atoms with Crippen LogP contribution in [0.1, 0.15) is 29.6 Å². The molecule has 1 aliphatic heterocycles. The number of nitro benzene ring substituents is 1. The number of aliphatic hydroxyl groups excluding tert-OH is 1. The third-order valence-corrected chi connectivity index (χ3v) is 4.47. The minimum atomic E-state index is -0.562. The van der Waals surface area contributed by atoms with Crippen molar-refractivity contribution < 1.29 is 68.4 Å². The summed E-state index contributed by atoms with van der Waals surface area (Å²) in [5, 5.41) is 19.8. The van der Waals surface area contributed by atoms with Crippen molar-refractivity contribution in [3.8, 4) is 0 Å². The molecule has 24 heavy (non-hydrogen) atoms. The van der Waals surface area contributed by atoms with Crippen molar-refractivity contribution in [2.75, 3.05) is 6.61 Å². The molecule has 1 saturated heterocycles. The van der Waals surface area contributed by atoms with E-state index in [9.17, 15) is 20.0 Å². The summed E-state index contributed by atoms with van der Waals surface area (Å²) in [4.78, 5) is 22.2. The molecule has 3 rings (SSSR count). The summed E-state index contributed by atoms with van der Waals surface area (Å²) < 4.78 is 11.0. The molecule has 1 saturated carbocycles. The van der Waals surface area contributed by atoms with Gasteiger partial charge in [-0.3, -0.25) is 10.1 Å². The molecule has 1 radical (unpaired) electrons. The number of hydrogen-bond donors (Lipinski definition) is 1. The predicted molar refractivity (Wildman–Crippen MR) is 80.0 cm³/mol. The Hall–Kier alpha value is -0.808. The van der Waals surface area contributed by atoms with E-state index in [1.807, 2.05) is 0 Å². The SMILES string of the molecule is C=C1CCC(OC(=O)c2ccc([N+](=O)[O-])cc2)CC12OC2CO.[Ac]. The van der Waals surface area contributed by atoms with Gasteiger partial charge >= 0.3 is 5.97 Å². The van der Waals surface area contributed by atoms with Gasteiger partial charge in [0, 0.05) is 62.6 Å². The van der Waals surface area contributed by atoms with Gasteiger partial charge in [0.1, 0.15) is 17.8 Å². The van der Waals surface area contributed by atoms with Gasteiger partial charge in [-0.2, -0.15) is 0 Å². The first-order valence-electron chi connectivity index (χ1n) is 7.38. The first-order chi connectivity index (χ1) is 11.0. The van der Waals surface area contributed by atoms with Gasteiger partial charge < -0.3 is 14.6 Å². The van der Waals surface area contributed by atoms with Crippen LogP contribution in [0.25, 0.3) is 0 Å². The van der Waals surface area contributed by atoms with Crippen LogP contribution in [0.5, 0.6) is 0 Å². The number of benzene rings is 1. The molecular formula is C16H17AcNO6. The summed E-state index contributed by atoms with van der Waals surface area (Å²) in [6.45, 7) is 3.90. The fourth-order valence-electron chi connectivity index (χ4n) is 3.07. The molecule has 125 valence electrons. The van der Waals surface area contributed by atoms with Gasteiger partial charge in [0.2, 0.25) is 0 Å². The number of esters is 1. The number of nitro groups is 1. The molecule has 7 nitrogen and oxygen atoms in total. The first-order valence-corrected chi connectivity index (χ1v) is 7.38. The van der Waals surface area contributed by atoms with Crippen LogP contribution < -0.4 is 0 Å². The summed E-state index contributed by atoms with van der Waals surface area (Å²) in [5.41, 5.74) is 0.559. The Morgan fingerprint density at radius 1 is 1.46 bits per heavy atom. The van der Waals surface area contributed by atoms with Gasteiger partial charge in [0.15, 0.2) is 0 Å². The molecule has 1 heterocycles. The Balaban J connectivity index is 0.00000208. The summed E-state index contributed by atoms with van der Waals surface area (Å²) in [7, 11) is 0. The zero-order chi connectivity index (χ0) is 16.6. The molecule has 1 aliphatic carbocycles. The maximum atomic E-state index is 12.2. The summed E-state index contributed by atoms with van der Waals surface area (Å²) in [6, 6.07) is 5.30. The molecule has 2 aliphatic rings. The zero-order valence-corrected chi connectivity index (χ0v) is 17.8. The average molecular weight is 546 g/mol. The van der Waals surface area contributed by atoms with Crippen molar-refractivity contribution in [3.05, 3.63) is 52.1 Å². The van der Waals surface area contributed by atoms with E-state index in [0.717, 1.165) is 5.57 Å². The topological polar surface area (TPSA) is 102 Å². The minimum absolute atomic E-state index is 0. The molecule has 1 aromatic carbocycles. The second-order valence-corrected chi connectivity index (χ2v) is 5.86. The molecule has 8 heteroatoms. The van der Waals surface area contributed by atoms with Gasteiger partial charge in [-0.15, -0.1) is 0 Å². The summed E-state index contributed by atoms with van der Waals surface area (Å²) in [6.07, 6.45) is 1.22. The number of aliphatic hydroxyl groups is 1. The van der Waals surface area contributed by atoms with Crippen LogP contribution in [-0.4, -0.2) is 40.4 Å².